The SMILES string of the molecule is CO[C@H]1C(C(C)(C)C)N(C(=O)O)CC[C@]1(OC)c1ccc(F)cc1. The van der Waals surface area contributed by atoms with Gasteiger partial charge in [-0.3, -0.25) is 0 Å². The smallest absolute Gasteiger partial charge is 0.407 e. The monoisotopic (exact) mass is 339 g/mol. The van der Waals surface area contributed by atoms with Gasteiger partial charge in [-0.2, -0.15) is 0 Å². The molecule has 1 heterocycles. The van der Waals surface area contributed by atoms with Crippen molar-refractivity contribution < 1.29 is 23.8 Å². The van der Waals surface area contributed by atoms with E-state index in [0.717, 1.165) is 5.56 Å². The zero-order chi connectivity index (χ0) is 18.1. The minimum absolute atomic E-state index is 0.322. The van der Waals surface area contributed by atoms with Crippen molar-refractivity contribution in [1.29, 1.82) is 0 Å². The molecule has 0 aromatic heterocycles. The number of ether oxygens (including phenoxy) is 2. The Morgan fingerprint density at radius 1 is 1.29 bits per heavy atom. The van der Waals surface area contributed by atoms with E-state index in [1.807, 2.05) is 20.8 Å². The van der Waals surface area contributed by atoms with E-state index in [-0.39, 0.29) is 11.2 Å². The zero-order valence-corrected chi connectivity index (χ0v) is 14.9. The molecule has 2 rings (SSSR count). The quantitative estimate of drug-likeness (QED) is 0.916. The number of hydrogen-bond donors (Lipinski definition) is 1. The van der Waals surface area contributed by atoms with Gasteiger partial charge < -0.3 is 19.5 Å². The van der Waals surface area contributed by atoms with Gasteiger partial charge in [0.15, 0.2) is 0 Å². The number of hydrogen-bond acceptors (Lipinski definition) is 3. The molecule has 24 heavy (non-hydrogen) atoms. The first kappa shape index (κ1) is 18.7. The minimum Gasteiger partial charge on any atom is -0.465 e. The van der Waals surface area contributed by atoms with Crippen LogP contribution in [0.5, 0.6) is 0 Å². The fraction of sp³-hybridized carbons (Fsp3) is 0.611. The van der Waals surface area contributed by atoms with Gasteiger partial charge in [-0.25, -0.2) is 9.18 Å². The van der Waals surface area contributed by atoms with Crippen LogP contribution in [0.2, 0.25) is 0 Å². The maximum atomic E-state index is 13.3. The first-order chi connectivity index (χ1) is 11.2. The highest BCUT2D eigenvalue weighted by atomic mass is 19.1. The number of likely N-dealkylation sites (tertiary alicyclic amines) is 1. The van der Waals surface area contributed by atoms with Crippen molar-refractivity contribution in [3.05, 3.63) is 35.6 Å². The van der Waals surface area contributed by atoms with Crippen molar-refractivity contribution in [2.24, 2.45) is 5.41 Å². The molecule has 1 unspecified atom stereocenters. The second-order valence-corrected chi connectivity index (χ2v) is 7.29. The molecule has 134 valence electrons. The van der Waals surface area contributed by atoms with Crippen LogP contribution in [0.15, 0.2) is 24.3 Å². The molecule has 1 aromatic rings. The Hall–Kier alpha value is -1.66. The molecule has 0 bridgehead atoms. The minimum atomic E-state index is -0.971. The number of nitrogens with zero attached hydrogens (tertiary/aromatic N) is 1. The van der Waals surface area contributed by atoms with Gasteiger partial charge in [0.2, 0.25) is 0 Å². The van der Waals surface area contributed by atoms with E-state index in [4.69, 9.17) is 9.47 Å². The Morgan fingerprint density at radius 2 is 1.88 bits per heavy atom. The fourth-order valence-electron chi connectivity index (χ4n) is 3.82. The molecule has 1 fully saturated rings. The number of piperidine rings is 1. The van der Waals surface area contributed by atoms with Gasteiger partial charge in [-0.05, 0) is 23.1 Å². The van der Waals surface area contributed by atoms with Crippen LogP contribution in [0.3, 0.4) is 0 Å². The summed E-state index contributed by atoms with van der Waals surface area (Å²) in [6.07, 6.45) is -1.05. The summed E-state index contributed by atoms with van der Waals surface area (Å²) >= 11 is 0. The van der Waals surface area contributed by atoms with Crippen LogP contribution in [0.1, 0.15) is 32.8 Å². The number of amides is 1. The van der Waals surface area contributed by atoms with Crippen molar-refractivity contribution >= 4 is 6.09 Å². The zero-order valence-electron chi connectivity index (χ0n) is 14.9. The normalized spacial score (nSPS) is 28.0. The number of methoxy groups -OCH3 is 2. The lowest BCUT2D eigenvalue weighted by atomic mass is 9.70. The van der Waals surface area contributed by atoms with E-state index in [0.29, 0.717) is 13.0 Å². The molecule has 1 amide bonds. The summed E-state index contributed by atoms with van der Waals surface area (Å²) in [5.41, 5.74) is -0.395. The van der Waals surface area contributed by atoms with Gasteiger partial charge in [-0.15, -0.1) is 0 Å². The number of halogens is 1. The molecule has 6 heteroatoms. The Kier molecular flexibility index (Phi) is 5.20. The lowest BCUT2D eigenvalue weighted by molar-refractivity contribution is -0.192. The highest BCUT2D eigenvalue weighted by Crippen LogP contribution is 2.45. The van der Waals surface area contributed by atoms with Gasteiger partial charge in [0, 0.05) is 27.2 Å². The van der Waals surface area contributed by atoms with Crippen molar-refractivity contribution in [2.75, 3.05) is 20.8 Å². The molecule has 1 aliphatic heterocycles. The highest BCUT2D eigenvalue weighted by Gasteiger charge is 2.55. The van der Waals surface area contributed by atoms with Gasteiger partial charge in [0.25, 0.3) is 0 Å². The summed E-state index contributed by atoms with van der Waals surface area (Å²) < 4.78 is 25.0. The first-order valence-corrected chi connectivity index (χ1v) is 8.01. The molecule has 0 aliphatic carbocycles. The largest absolute Gasteiger partial charge is 0.465 e. The van der Waals surface area contributed by atoms with Gasteiger partial charge in [0.05, 0.1) is 6.04 Å². The predicted octanol–water partition coefficient (Wildman–Crippen LogP) is 3.48. The third kappa shape index (κ3) is 3.13. The Morgan fingerprint density at radius 3 is 2.29 bits per heavy atom. The number of rotatable bonds is 3. The fourth-order valence-corrected chi connectivity index (χ4v) is 3.82. The Bertz CT molecular complexity index is 584. The van der Waals surface area contributed by atoms with Crippen LogP contribution in [-0.2, 0) is 15.1 Å². The summed E-state index contributed by atoms with van der Waals surface area (Å²) in [5, 5.41) is 9.62. The van der Waals surface area contributed by atoms with Crippen LogP contribution >= 0.6 is 0 Å². The third-order valence-corrected chi connectivity index (χ3v) is 4.89. The van der Waals surface area contributed by atoms with Crippen molar-refractivity contribution in [2.45, 2.75) is 44.9 Å². The van der Waals surface area contributed by atoms with E-state index >= 15 is 0 Å². The van der Waals surface area contributed by atoms with Crippen LogP contribution < -0.4 is 0 Å². The highest BCUT2D eigenvalue weighted by molar-refractivity contribution is 5.66. The van der Waals surface area contributed by atoms with Crippen LogP contribution in [-0.4, -0.2) is 49.0 Å². The van der Waals surface area contributed by atoms with Crippen molar-refractivity contribution in [3.8, 4) is 0 Å². The molecule has 0 saturated carbocycles. The van der Waals surface area contributed by atoms with Crippen LogP contribution in [0, 0.1) is 11.2 Å². The molecule has 3 atom stereocenters. The lowest BCUT2D eigenvalue weighted by Crippen LogP contribution is -2.66. The topological polar surface area (TPSA) is 59.0 Å². The molecule has 0 radical (unpaired) electrons. The summed E-state index contributed by atoms with van der Waals surface area (Å²) in [7, 11) is 3.15. The summed E-state index contributed by atoms with van der Waals surface area (Å²) in [5.74, 6) is -0.325. The lowest BCUT2D eigenvalue weighted by Gasteiger charge is -2.54. The third-order valence-electron chi connectivity index (χ3n) is 4.89. The average Bonchev–Trinajstić information content (AvgIpc) is 2.52. The maximum Gasteiger partial charge on any atom is 0.407 e. The van der Waals surface area contributed by atoms with Gasteiger partial charge in [-0.1, -0.05) is 32.9 Å². The molecule has 5 nitrogen and oxygen atoms in total. The van der Waals surface area contributed by atoms with E-state index in [1.165, 1.54) is 17.0 Å². The number of benzene rings is 1. The molecular weight excluding hydrogens is 313 g/mol. The van der Waals surface area contributed by atoms with Crippen LogP contribution in [0.25, 0.3) is 0 Å². The predicted molar refractivity (Wildman–Crippen MR) is 88.5 cm³/mol. The average molecular weight is 339 g/mol. The van der Waals surface area contributed by atoms with E-state index in [9.17, 15) is 14.3 Å². The summed E-state index contributed by atoms with van der Waals surface area (Å²) in [6, 6.07) is 5.73. The number of carboxylic acid groups (broad SMARTS) is 1. The Balaban J connectivity index is 2.56. The van der Waals surface area contributed by atoms with E-state index in [2.05, 4.69) is 0 Å². The van der Waals surface area contributed by atoms with E-state index in [1.54, 1.807) is 26.4 Å². The standard InChI is InChI=1S/C18H26FNO4/c1-17(2,3)14-15(23-4)18(24-5,10-11-20(14)16(21)22)12-6-8-13(19)9-7-12/h6-9,14-15H,10-11H2,1-5H3,(H,21,22)/t14?,15-,18-/m0/s1. The van der Waals surface area contributed by atoms with Crippen LogP contribution in [0.4, 0.5) is 9.18 Å². The van der Waals surface area contributed by atoms with E-state index < -0.39 is 23.8 Å². The first-order valence-electron chi connectivity index (χ1n) is 8.01. The Labute approximate surface area is 142 Å². The second kappa shape index (κ2) is 6.69. The molecule has 1 aromatic carbocycles. The van der Waals surface area contributed by atoms with Gasteiger partial charge in [0.1, 0.15) is 17.5 Å². The summed E-state index contributed by atoms with van der Waals surface area (Å²) in [4.78, 5) is 13.2. The van der Waals surface area contributed by atoms with Crippen molar-refractivity contribution in [1.82, 2.24) is 4.90 Å². The molecule has 1 saturated heterocycles. The molecule has 1 N–H and O–H groups in total. The summed E-state index contributed by atoms with van der Waals surface area (Å²) in [6.45, 7) is 6.27. The molecular formula is C18H26FNO4. The molecule has 0 spiro atoms. The maximum absolute atomic E-state index is 13.3. The molecule has 1 aliphatic rings. The second-order valence-electron chi connectivity index (χ2n) is 7.29. The van der Waals surface area contributed by atoms with Gasteiger partial charge >= 0.3 is 6.09 Å². The van der Waals surface area contributed by atoms with Crippen molar-refractivity contribution in [3.63, 3.8) is 0 Å². The number of carbonyl (C=O) groups is 1.